The molecule has 2 unspecified atom stereocenters. The number of hydrogen-bond acceptors (Lipinski definition) is 5. The van der Waals surface area contributed by atoms with Gasteiger partial charge in [-0.2, -0.15) is 0 Å². The highest BCUT2D eigenvalue weighted by Gasteiger charge is 2.50. The number of ether oxygens (including phenoxy) is 2. The average molecular weight is 400 g/mol. The molecule has 1 fully saturated rings. The van der Waals surface area contributed by atoms with Crippen molar-refractivity contribution in [1.82, 2.24) is 0 Å². The Balaban J connectivity index is 1.81. The van der Waals surface area contributed by atoms with E-state index >= 15 is 0 Å². The van der Waals surface area contributed by atoms with Crippen LogP contribution < -0.4 is 0 Å². The lowest BCUT2D eigenvalue weighted by molar-refractivity contribution is -0.228. The molecule has 2 atom stereocenters. The van der Waals surface area contributed by atoms with Gasteiger partial charge in [0.05, 0.1) is 23.9 Å². The van der Waals surface area contributed by atoms with Crippen LogP contribution >= 0.6 is 0 Å². The van der Waals surface area contributed by atoms with Gasteiger partial charge in [-0.3, -0.25) is 0 Å². The van der Waals surface area contributed by atoms with Crippen molar-refractivity contribution in [3.8, 4) is 0 Å². The van der Waals surface area contributed by atoms with E-state index < -0.39 is 21.4 Å². The Morgan fingerprint density at radius 1 is 1.21 bits per heavy atom. The normalized spacial score (nSPS) is 21.5. The highest BCUT2D eigenvalue weighted by Crippen LogP contribution is 2.46. The molecule has 2 aromatic carbocycles. The van der Waals surface area contributed by atoms with Crippen LogP contribution in [0.4, 0.5) is 0 Å². The molecule has 5 nitrogen and oxygen atoms in total. The Morgan fingerprint density at radius 2 is 1.89 bits per heavy atom. The number of hydrogen-bond donors (Lipinski definition) is 0. The number of carbonyl (C=O) groups excluding carboxylic acids is 1. The lowest BCUT2D eigenvalue weighted by Crippen LogP contribution is -2.54. The Kier molecular flexibility index (Phi) is 6.01. The van der Waals surface area contributed by atoms with Crippen molar-refractivity contribution in [2.24, 2.45) is 5.92 Å². The van der Waals surface area contributed by atoms with Crippen LogP contribution in [0.5, 0.6) is 0 Å². The number of rotatable bonds is 8. The minimum absolute atomic E-state index is 0.0587. The zero-order valence-electron chi connectivity index (χ0n) is 15.8. The Hall–Kier alpha value is -2.44. The second-order valence-corrected chi connectivity index (χ2v) is 9.09. The SMILES string of the molecule is C=CC(=O)OCC1COC1(CCS(=O)(=O)c1ccc(C)cc1)c1ccccc1. The first-order valence-corrected chi connectivity index (χ1v) is 10.8. The van der Waals surface area contributed by atoms with E-state index in [2.05, 4.69) is 6.58 Å². The highest BCUT2D eigenvalue weighted by molar-refractivity contribution is 7.91. The van der Waals surface area contributed by atoms with Crippen molar-refractivity contribution in [2.75, 3.05) is 19.0 Å². The Bertz CT molecular complexity index is 935. The van der Waals surface area contributed by atoms with Crippen LogP contribution in [0.15, 0.2) is 72.1 Å². The van der Waals surface area contributed by atoms with E-state index in [1.165, 1.54) is 0 Å². The largest absolute Gasteiger partial charge is 0.462 e. The minimum atomic E-state index is -3.46. The van der Waals surface area contributed by atoms with E-state index in [1.54, 1.807) is 24.3 Å². The minimum Gasteiger partial charge on any atom is -0.462 e. The summed E-state index contributed by atoms with van der Waals surface area (Å²) in [5, 5.41) is 0. The summed E-state index contributed by atoms with van der Waals surface area (Å²) in [5.74, 6) is -0.676. The third-order valence-electron chi connectivity index (χ3n) is 5.18. The van der Waals surface area contributed by atoms with Crippen molar-refractivity contribution in [3.05, 3.63) is 78.4 Å². The van der Waals surface area contributed by atoms with Crippen molar-refractivity contribution in [2.45, 2.75) is 23.8 Å². The van der Waals surface area contributed by atoms with Crippen LogP contribution in [0, 0.1) is 12.8 Å². The summed E-state index contributed by atoms with van der Waals surface area (Å²) in [6, 6.07) is 16.3. The van der Waals surface area contributed by atoms with E-state index in [1.807, 2.05) is 37.3 Å². The van der Waals surface area contributed by atoms with Gasteiger partial charge in [0, 0.05) is 12.0 Å². The summed E-state index contributed by atoms with van der Waals surface area (Å²) < 4.78 is 36.8. The van der Waals surface area contributed by atoms with Crippen molar-refractivity contribution in [1.29, 1.82) is 0 Å². The predicted octanol–water partition coefficient (Wildman–Crippen LogP) is 3.43. The number of esters is 1. The molecule has 1 saturated heterocycles. The van der Waals surface area contributed by atoms with Crippen LogP contribution in [-0.4, -0.2) is 33.4 Å². The van der Waals surface area contributed by atoms with Gasteiger partial charge in [0.15, 0.2) is 9.84 Å². The maximum Gasteiger partial charge on any atom is 0.330 e. The first-order chi connectivity index (χ1) is 13.4. The van der Waals surface area contributed by atoms with Gasteiger partial charge in [0.1, 0.15) is 5.60 Å². The molecule has 0 bridgehead atoms. The maximum atomic E-state index is 12.8. The molecule has 0 aliphatic carbocycles. The van der Waals surface area contributed by atoms with Gasteiger partial charge in [-0.1, -0.05) is 54.6 Å². The molecule has 0 amide bonds. The number of carbonyl (C=O) groups is 1. The highest BCUT2D eigenvalue weighted by atomic mass is 32.2. The lowest BCUT2D eigenvalue weighted by atomic mass is 9.75. The Labute approximate surface area is 165 Å². The summed E-state index contributed by atoms with van der Waals surface area (Å²) in [6.07, 6.45) is 1.40. The molecule has 1 aliphatic rings. The second-order valence-electron chi connectivity index (χ2n) is 6.98. The van der Waals surface area contributed by atoms with E-state index in [0.29, 0.717) is 11.5 Å². The monoisotopic (exact) mass is 400 g/mol. The van der Waals surface area contributed by atoms with Gasteiger partial charge >= 0.3 is 5.97 Å². The summed E-state index contributed by atoms with van der Waals surface area (Å²) in [6.45, 7) is 5.88. The molecule has 0 radical (unpaired) electrons. The standard InChI is InChI=1S/C22H24O5S/c1-3-21(23)26-15-19-16-27-22(19,18-7-5-4-6-8-18)13-14-28(24,25)20-11-9-17(2)10-12-20/h3-12,19H,1,13-16H2,2H3. The summed E-state index contributed by atoms with van der Waals surface area (Å²) in [4.78, 5) is 11.8. The predicted molar refractivity (Wildman–Crippen MR) is 107 cm³/mol. The molecule has 0 N–H and O–H groups in total. The fourth-order valence-corrected chi connectivity index (χ4v) is 4.79. The molecule has 0 saturated carbocycles. The summed E-state index contributed by atoms with van der Waals surface area (Å²) in [5.41, 5.74) is 1.10. The second kappa shape index (κ2) is 8.29. The smallest absolute Gasteiger partial charge is 0.330 e. The summed E-state index contributed by atoms with van der Waals surface area (Å²) >= 11 is 0. The van der Waals surface area contributed by atoms with Gasteiger partial charge in [-0.05, 0) is 31.0 Å². The molecule has 28 heavy (non-hydrogen) atoms. The van der Waals surface area contributed by atoms with Gasteiger partial charge in [-0.25, -0.2) is 13.2 Å². The first kappa shape index (κ1) is 20.3. The third kappa shape index (κ3) is 4.18. The van der Waals surface area contributed by atoms with Gasteiger partial charge in [-0.15, -0.1) is 0 Å². The molecule has 148 valence electrons. The number of benzene rings is 2. The van der Waals surface area contributed by atoms with Crippen molar-refractivity contribution < 1.29 is 22.7 Å². The molecule has 1 heterocycles. The molecule has 3 rings (SSSR count). The van der Waals surface area contributed by atoms with Crippen LogP contribution in [0.2, 0.25) is 0 Å². The van der Waals surface area contributed by atoms with Crippen LogP contribution in [0.1, 0.15) is 17.5 Å². The number of sulfone groups is 1. The van der Waals surface area contributed by atoms with Crippen molar-refractivity contribution in [3.63, 3.8) is 0 Å². The topological polar surface area (TPSA) is 69.7 Å². The zero-order valence-corrected chi connectivity index (χ0v) is 16.7. The fourth-order valence-electron chi connectivity index (χ4n) is 3.44. The molecular formula is C22H24O5S. The van der Waals surface area contributed by atoms with E-state index in [0.717, 1.165) is 17.2 Å². The number of aryl methyl sites for hydroxylation is 1. The van der Waals surface area contributed by atoms with Gasteiger partial charge in [0.25, 0.3) is 0 Å². The van der Waals surface area contributed by atoms with E-state index in [-0.39, 0.29) is 24.7 Å². The fraction of sp³-hybridized carbons (Fsp3) is 0.318. The van der Waals surface area contributed by atoms with Crippen LogP contribution in [0.3, 0.4) is 0 Å². The van der Waals surface area contributed by atoms with E-state index in [4.69, 9.17) is 9.47 Å². The Morgan fingerprint density at radius 3 is 2.46 bits per heavy atom. The molecular weight excluding hydrogens is 376 g/mol. The molecule has 1 aliphatic heterocycles. The third-order valence-corrected chi connectivity index (χ3v) is 6.91. The molecule has 2 aromatic rings. The molecule has 6 heteroatoms. The van der Waals surface area contributed by atoms with Crippen LogP contribution in [-0.2, 0) is 29.7 Å². The van der Waals surface area contributed by atoms with Gasteiger partial charge < -0.3 is 9.47 Å². The quantitative estimate of drug-likeness (QED) is 0.502. The van der Waals surface area contributed by atoms with Crippen molar-refractivity contribution >= 4 is 15.8 Å². The molecule has 0 spiro atoms. The molecule has 0 aromatic heterocycles. The lowest BCUT2D eigenvalue weighted by Gasteiger charge is -2.49. The van der Waals surface area contributed by atoms with E-state index in [9.17, 15) is 13.2 Å². The van der Waals surface area contributed by atoms with Gasteiger partial charge in [0.2, 0.25) is 0 Å². The zero-order chi connectivity index (χ0) is 20.2. The maximum absolute atomic E-state index is 12.8. The van der Waals surface area contributed by atoms with Crippen LogP contribution in [0.25, 0.3) is 0 Å². The first-order valence-electron chi connectivity index (χ1n) is 9.15. The average Bonchev–Trinajstić information content (AvgIpc) is 2.68. The summed E-state index contributed by atoms with van der Waals surface area (Å²) in [7, 11) is -3.46.